The summed E-state index contributed by atoms with van der Waals surface area (Å²) in [5.41, 5.74) is 0.754. The topological polar surface area (TPSA) is 80.5 Å². The van der Waals surface area contributed by atoms with Crippen molar-refractivity contribution in [2.24, 2.45) is 0 Å². The van der Waals surface area contributed by atoms with E-state index in [-0.39, 0.29) is 38.4 Å². The SMILES string of the molecule is CCN(CCNC(=O)CCc1nc(-c2ccc(OC)cc2)no1)CC(F)(F)F. The Morgan fingerprint density at radius 1 is 1.29 bits per heavy atom. The number of carbonyl (C=O) groups is 1. The number of rotatable bonds is 10. The molecule has 2 rings (SSSR count). The van der Waals surface area contributed by atoms with Crippen molar-refractivity contribution in [3.05, 3.63) is 30.2 Å². The normalized spacial score (nSPS) is 11.6. The summed E-state index contributed by atoms with van der Waals surface area (Å²) < 4.78 is 47.4. The van der Waals surface area contributed by atoms with E-state index >= 15 is 0 Å². The van der Waals surface area contributed by atoms with Crippen LogP contribution in [0.5, 0.6) is 5.75 Å². The van der Waals surface area contributed by atoms with Crippen LogP contribution in [-0.2, 0) is 11.2 Å². The minimum absolute atomic E-state index is 0.107. The minimum atomic E-state index is -4.25. The fourth-order valence-corrected chi connectivity index (χ4v) is 2.48. The second-order valence-corrected chi connectivity index (χ2v) is 6.07. The van der Waals surface area contributed by atoms with Gasteiger partial charge >= 0.3 is 6.18 Å². The highest BCUT2D eigenvalue weighted by Gasteiger charge is 2.29. The molecule has 0 saturated heterocycles. The van der Waals surface area contributed by atoms with Gasteiger partial charge in [0.05, 0.1) is 13.7 Å². The van der Waals surface area contributed by atoms with Crippen molar-refractivity contribution in [3.63, 3.8) is 0 Å². The molecule has 0 radical (unpaired) electrons. The fourth-order valence-electron chi connectivity index (χ4n) is 2.48. The zero-order valence-electron chi connectivity index (χ0n) is 15.8. The van der Waals surface area contributed by atoms with Gasteiger partial charge in [-0.05, 0) is 30.8 Å². The lowest BCUT2D eigenvalue weighted by molar-refractivity contribution is -0.145. The highest BCUT2D eigenvalue weighted by molar-refractivity contribution is 5.76. The van der Waals surface area contributed by atoms with Crippen LogP contribution in [0, 0.1) is 0 Å². The first-order valence-corrected chi connectivity index (χ1v) is 8.83. The Balaban J connectivity index is 1.75. The Morgan fingerprint density at radius 2 is 2.00 bits per heavy atom. The molecule has 10 heteroatoms. The highest BCUT2D eigenvalue weighted by Crippen LogP contribution is 2.20. The Bertz CT molecular complexity index is 747. The van der Waals surface area contributed by atoms with Crippen LogP contribution in [0.1, 0.15) is 19.2 Å². The van der Waals surface area contributed by atoms with E-state index in [1.54, 1.807) is 38.3 Å². The molecule has 1 N–H and O–H groups in total. The van der Waals surface area contributed by atoms with E-state index in [1.807, 2.05) is 0 Å². The first-order valence-electron chi connectivity index (χ1n) is 8.83. The molecule has 0 fully saturated rings. The molecule has 0 aliphatic heterocycles. The summed E-state index contributed by atoms with van der Waals surface area (Å²) in [6.07, 6.45) is -3.90. The lowest BCUT2D eigenvalue weighted by atomic mass is 10.2. The summed E-state index contributed by atoms with van der Waals surface area (Å²) in [6.45, 7) is 1.18. The van der Waals surface area contributed by atoms with Gasteiger partial charge in [0, 0.05) is 31.5 Å². The number of benzene rings is 1. The van der Waals surface area contributed by atoms with E-state index < -0.39 is 12.7 Å². The quantitative estimate of drug-likeness (QED) is 0.661. The molecular formula is C18H23F3N4O3. The van der Waals surface area contributed by atoms with E-state index in [0.29, 0.717) is 17.5 Å². The van der Waals surface area contributed by atoms with Gasteiger partial charge in [-0.1, -0.05) is 12.1 Å². The summed E-state index contributed by atoms with van der Waals surface area (Å²) in [5.74, 6) is 1.14. The second-order valence-electron chi connectivity index (χ2n) is 6.07. The number of hydrogen-bond donors (Lipinski definition) is 1. The Hall–Kier alpha value is -2.62. The predicted molar refractivity (Wildman–Crippen MR) is 95.8 cm³/mol. The lowest BCUT2D eigenvalue weighted by Gasteiger charge is -2.21. The van der Waals surface area contributed by atoms with Crippen LogP contribution in [-0.4, -0.2) is 60.4 Å². The van der Waals surface area contributed by atoms with E-state index in [2.05, 4.69) is 15.5 Å². The second kappa shape index (κ2) is 10.1. The molecule has 154 valence electrons. The van der Waals surface area contributed by atoms with Crippen LogP contribution in [0.15, 0.2) is 28.8 Å². The molecule has 2 aromatic rings. The smallest absolute Gasteiger partial charge is 0.401 e. The zero-order valence-corrected chi connectivity index (χ0v) is 15.8. The number of carbonyl (C=O) groups excluding carboxylic acids is 1. The Kier molecular flexibility index (Phi) is 7.80. The molecule has 1 amide bonds. The number of halogens is 3. The molecule has 7 nitrogen and oxygen atoms in total. The highest BCUT2D eigenvalue weighted by atomic mass is 19.4. The van der Waals surface area contributed by atoms with Gasteiger partial charge in [-0.25, -0.2) is 0 Å². The van der Waals surface area contributed by atoms with E-state index in [9.17, 15) is 18.0 Å². The molecule has 0 unspecified atom stereocenters. The third-order valence-electron chi connectivity index (χ3n) is 3.98. The van der Waals surface area contributed by atoms with Crippen molar-refractivity contribution in [1.82, 2.24) is 20.4 Å². The van der Waals surface area contributed by atoms with Gasteiger partial charge in [0.15, 0.2) is 0 Å². The number of alkyl halides is 3. The standard InChI is InChI=1S/C18H23F3N4O3/c1-3-25(12-18(19,20)21)11-10-22-15(26)8-9-16-23-17(24-28-16)13-4-6-14(27-2)7-5-13/h4-7H,3,8-12H2,1-2H3,(H,22,26). The average molecular weight is 400 g/mol. The number of aryl methyl sites for hydroxylation is 1. The Labute approximate surface area is 160 Å². The molecule has 1 heterocycles. The lowest BCUT2D eigenvalue weighted by Crippen LogP contribution is -2.39. The molecule has 0 aliphatic rings. The number of hydrogen-bond acceptors (Lipinski definition) is 6. The molecule has 0 atom stereocenters. The summed E-state index contributed by atoms with van der Waals surface area (Å²) in [6, 6.07) is 7.13. The zero-order chi connectivity index (χ0) is 20.6. The van der Waals surface area contributed by atoms with Crippen LogP contribution in [0.4, 0.5) is 13.2 Å². The minimum Gasteiger partial charge on any atom is -0.497 e. The third-order valence-corrected chi connectivity index (χ3v) is 3.98. The van der Waals surface area contributed by atoms with Gasteiger partial charge in [-0.2, -0.15) is 18.2 Å². The first-order chi connectivity index (χ1) is 13.3. The number of nitrogens with zero attached hydrogens (tertiary/aromatic N) is 3. The van der Waals surface area contributed by atoms with Gasteiger partial charge in [0.2, 0.25) is 17.6 Å². The van der Waals surface area contributed by atoms with Crippen molar-refractivity contribution in [2.75, 3.05) is 33.3 Å². The fraction of sp³-hybridized carbons (Fsp3) is 0.500. The summed E-state index contributed by atoms with van der Waals surface area (Å²) >= 11 is 0. The van der Waals surface area contributed by atoms with Crippen molar-refractivity contribution in [1.29, 1.82) is 0 Å². The third kappa shape index (κ3) is 7.18. The van der Waals surface area contributed by atoms with E-state index in [1.165, 1.54) is 4.90 Å². The predicted octanol–water partition coefficient (Wildman–Crippen LogP) is 2.68. The summed E-state index contributed by atoms with van der Waals surface area (Å²) in [5, 5.41) is 6.48. The van der Waals surface area contributed by atoms with Crippen LogP contribution in [0.3, 0.4) is 0 Å². The van der Waals surface area contributed by atoms with Crippen LogP contribution >= 0.6 is 0 Å². The van der Waals surface area contributed by atoms with Crippen LogP contribution in [0.2, 0.25) is 0 Å². The number of methoxy groups -OCH3 is 1. The van der Waals surface area contributed by atoms with Gasteiger partial charge < -0.3 is 14.6 Å². The molecule has 0 spiro atoms. The largest absolute Gasteiger partial charge is 0.497 e. The number of amides is 1. The molecule has 0 aliphatic carbocycles. The number of aromatic nitrogens is 2. The number of nitrogens with one attached hydrogen (secondary N) is 1. The Morgan fingerprint density at radius 3 is 2.61 bits per heavy atom. The maximum Gasteiger partial charge on any atom is 0.401 e. The average Bonchev–Trinajstić information content (AvgIpc) is 3.13. The van der Waals surface area contributed by atoms with Gasteiger partial charge in [0.1, 0.15) is 5.75 Å². The maximum atomic E-state index is 12.4. The van der Waals surface area contributed by atoms with Crippen molar-refractivity contribution >= 4 is 5.91 Å². The molecule has 0 saturated carbocycles. The summed E-state index contributed by atoms with van der Waals surface area (Å²) in [4.78, 5) is 17.3. The monoisotopic (exact) mass is 400 g/mol. The van der Waals surface area contributed by atoms with E-state index in [4.69, 9.17) is 9.26 Å². The first kappa shape index (κ1) is 21.7. The van der Waals surface area contributed by atoms with Crippen molar-refractivity contribution in [3.8, 4) is 17.1 Å². The molecule has 28 heavy (non-hydrogen) atoms. The molecule has 0 bridgehead atoms. The summed E-state index contributed by atoms with van der Waals surface area (Å²) in [7, 11) is 1.57. The molecular weight excluding hydrogens is 377 g/mol. The van der Waals surface area contributed by atoms with Gasteiger partial charge in [-0.15, -0.1) is 0 Å². The van der Waals surface area contributed by atoms with E-state index in [0.717, 1.165) is 5.56 Å². The number of ether oxygens (including phenoxy) is 1. The van der Waals surface area contributed by atoms with Crippen molar-refractivity contribution in [2.45, 2.75) is 25.9 Å². The molecule has 1 aromatic heterocycles. The van der Waals surface area contributed by atoms with Gasteiger partial charge in [-0.3, -0.25) is 9.69 Å². The van der Waals surface area contributed by atoms with Crippen LogP contribution < -0.4 is 10.1 Å². The van der Waals surface area contributed by atoms with Crippen LogP contribution in [0.25, 0.3) is 11.4 Å². The van der Waals surface area contributed by atoms with Gasteiger partial charge in [0.25, 0.3) is 0 Å². The van der Waals surface area contributed by atoms with Crippen molar-refractivity contribution < 1.29 is 27.2 Å². The molecule has 1 aromatic carbocycles. The maximum absolute atomic E-state index is 12.4. The number of likely N-dealkylation sites (N-methyl/N-ethyl adjacent to an activating group) is 1.